The molecule has 2 aromatic rings. The Hall–Kier alpha value is -3.05. The number of carbonyl (C=O) groups excluding carboxylic acids is 1. The first-order chi connectivity index (χ1) is 17.7. The predicted octanol–water partition coefficient (Wildman–Crippen LogP) is 4.86. The van der Waals surface area contributed by atoms with E-state index in [0.29, 0.717) is 43.6 Å². The number of aliphatic hydroxyl groups excluding tert-OH is 1. The Labute approximate surface area is 219 Å². The lowest BCUT2D eigenvalue weighted by Crippen LogP contribution is -2.29. The van der Waals surface area contributed by atoms with Gasteiger partial charge in [0.1, 0.15) is 11.5 Å². The first-order valence-electron chi connectivity index (χ1n) is 12.5. The van der Waals surface area contributed by atoms with Crippen LogP contribution in [-0.4, -0.2) is 45.4 Å². The van der Waals surface area contributed by atoms with Crippen LogP contribution in [0.25, 0.3) is 0 Å². The summed E-state index contributed by atoms with van der Waals surface area (Å²) in [6.45, 7) is 5.40. The molecule has 2 aliphatic rings. The molecule has 1 aromatic heterocycles. The fourth-order valence-electron chi connectivity index (χ4n) is 5.18. The maximum absolute atomic E-state index is 14.6. The summed E-state index contributed by atoms with van der Waals surface area (Å²) in [5, 5.41) is 16.0. The number of nitrogens with zero attached hydrogens (tertiary/aromatic N) is 4. The van der Waals surface area contributed by atoms with Gasteiger partial charge in [-0.15, -0.1) is 0 Å². The van der Waals surface area contributed by atoms with Crippen molar-refractivity contribution < 1.29 is 18.7 Å². The summed E-state index contributed by atoms with van der Waals surface area (Å²) in [5.41, 5.74) is 5.69. The lowest BCUT2D eigenvalue weighted by molar-refractivity contribution is -0.122. The number of halogens is 3. The van der Waals surface area contributed by atoms with E-state index in [0.717, 1.165) is 31.4 Å². The summed E-state index contributed by atoms with van der Waals surface area (Å²) in [4.78, 5) is 25.0. The smallest absolute Gasteiger partial charge is 0.223 e. The van der Waals surface area contributed by atoms with Crippen LogP contribution in [0.2, 0.25) is 5.02 Å². The van der Waals surface area contributed by atoms with Crippen molar-refractivity contribution in [2.24, 2.45) is 21.6 Å². The molecule has 1 amide bonds. The molecular formula is C25H32ClF2N7O2. The molecule has 2 fully saturated rings. The van der Waals surface area contributed by atoms with E-state index in [9.17, 15) is 18.7 Å². The number of nitrogens with one attached hydrogen (secondary N) is 2. The third-order valence-electron chi connectivity index (χ3n) is 7.10. The number of aliphatic hydroxyl groups is 1. The summed E-state index contributed by atoms with van der Waals surface area (Å²) in [5.74, 6) is -1.22. The van der Waals surface area contributed by atoms with E-state index in [4.69, 9.17) is 17.3 Å². The number of aromatic nitrogens is 2. The molecule has 12 heteroatoms. The molecule has 2 saturated carbocycles. The Bertz CT molecular complexity index is 1170. The molecule has 0 aliphatic heterocycles. The normalized spacial score (nSPS) is 24.5. The lowest BCUT2D eigenvalue weighted by atomic mass is 9.85. The van der Waals surface area contributed by atoms with E-state index in [1.807, 2.05) is 4.57 Å². The summed E-state index contributed by atoms with van der Waals surface area (Å²) in [6, 6.07) is 1.81. The van der Waals surface area contributed by atoms with Gasteiger partial charge in [-0.25, -0.2) is 23.7 Å². The monoisotopic (exact) mass is 535 g/mol. The van der Waals surface area contributed by atoms with E-state index in [-0.39, 0.29) is 46.5 Å². The summed E-state index contributed by atoms with van der Waals surface area (Å²) in [7, 11) is 0. The number of anilines is 3. The van der Waals surface area contributed by atoms with Gasteiger partial charge in [0.25, 0.3) is 0 Å². The minimum Gasteiger partial charge on any atom is -0.393 e. The van der Waals surface area contributed by atoms with E-state index >= 15 is 0 Å². The first kappa shape index (κ1) is 27.0. The molecule has 9 nitrogen and oxygen atoms in total. The second kappa shape index (κ2) is 11.6. The molecule has 0 radical (unpaired) electrons. The Balaban J connectivity index is 1.70. The number of amides is 1. The Kier molecular flexibility index (Phi) is 8.43. The van der Waals surface area contributed by atoms with Gasteiger partial charge >= 0.3 is 0 Å². The van der Waals surface area contributed by atoms with Crippen molar-refractivity contribution in [3.05, 3.63) is 34.5 Å². The number of hydrogen-bond donors (Lipinski definition) is 4. The number of aryl methyl sites for hydroxylation is 1. The van der Waals surface area contributed by atoms with Crippen LogP contribution in [0.5, 0.6) is 0 Å². The third-order valence-corrected chi connectivity index (χ3v) is 7.32. The van der Waals surface area contributed by atoms with E-state index < -0.39 is 17.7 Å². The van der Waals surface area contributed by atoms with Gasteiger partial charge in [0.15, 0.2) is 11.6 Å². The van der Waals surface area contributed by atoms with Crippen LogP contribution in [0.1, 0.15) is 63.1 Å². The number of rotatable bonds is 6. The Morgan fingerprint density at radius 3 is 2.49 bits per heavy atom. The molecule has 37 heavy (non-hydrogen) atoms. The van der Waals surface area contributed by atoms with Gasteiger partial charge in [-0.05, 0) is 77.1 Å². The number of carbonyl (C=O) groups is 1. The zero-order chi connectivity index (χ0) is 26.7. The van der Waals surface area contributed by atoms with Crippen molar-refractivity contribution in [1.82, 2.24) is 9.55 Å². The Morgan fingerprint density at radius 1 is 1.22 bits per heavy atom. The molecule has 4 rings (SSSR count). The van der Waals surface area contributed by atoms with E-state index in [2.05, 4.69) is 32.3 Å². The minimum atomic E-state index is -0.852. The van der Waals surface area contributed by atoms with Crippen LogP contribution < -0.4 is 16.4 Å². The standard InChI is InChI=1S/C25H32ClF2N7O2/c1-13-23(34-24(30-2)32-16-4-3-5-18(36)12-16)35(17-8-6-14(7-9-17)22(29)37)25(31-13)33-21-19(27)10-15(26)11-20(21)28/h10-11,14,16-18,36H,2-9,12H2,1H3,(H2,29,37)(H,31,33)(H,32,34)/t14?,16-,17?,18+/m0/s1. The number of hydrogen-bond acceptors (Lipinski definition) is 5. The summed E-state index contributed by atoms with van der Waals surface area (Å²) < 4.78 is 31.1. The molecule has 5 N–H and O–H groups in total. The maximum atomic E-state index is 14.6. The van der Waals surface area contributed by atoms with Crippen molar-refractivity contribution in [1.29, 1.82) is 0 Å². The highest BCUT2D eigenvalue weighted by atomic mass is 35.5. The van der Waals surface area contributed by atoms with Crippen molar-refractivity contribution in [2.45, 2.75) is 76.5 Å². The molecule has 2 aliphatic carbocycles. The van der Waals surface area contributed by atoms with Crippen molar-refractivity contribution in [2.75, 3.05) is 10.6 Å². The fourth-order valence-corrected chi connectivity index (χ4v) is 5.37. The fraction of sp³-hybridized carbons (Fsp3) is 0.520. The molecule has 200 valence electrons. The average Bonchev–Trinajstić information content (AvgIpc) is 3.15. The number of imidazole rings is 1. The largest absolute Gasteiger partial charge is 0.393 e. The summed E-state index contributed by atoms with van der Waals surface area (Å²) >= 11 is 5.79. The molecule has 0 bridgehead atoms. The van der Waals surface area contributed by atoms with Gasteiger partial charge in [0.05, 0.1) is 17.8 Å². The molecule has 0 saturated heterocycles. The number of primary amides is 1. The van der Waals surface area contributed by atoms with Crippen LogP contribution in [0.15, 0.2) is 22.1 Å². The Morgan fingerprint density at radius 2 is 1.89 bits per heavy atom. The van der Waals surface area contributed by atoms with Crippen molar-refractivity contribution in [3.8, 4) is 0 Å². The maximum Gasteiger partial charge on any atom is 0.223 e. The predicted molar refractivity (Wildman–Crippen MR) is 141 cm³/mol. The second-order valence-electron chi connectivity index (χ2n) is 9.73. The zero-order valence-corrected chi connectivity index (χ0v) is 21.4. The van der Waals surface area contributed by atoms with Crippen molar-refractivity contribution >= 4 is 47.6 Å². The lowest BCUT2D eigenvalue weighted by Gasteiger charge is -2.30. The third kappa shape index (κ3) is 6.27. The zero-order valence-electron chi connectivity index (χ0n) is 20.7. The SMILES string of the molecule is C=NC(=N[C@H]1CCC[C@@H](O)C1)Nc1c(C)nc(Nc2c(F)cc(Cl)cc2F)n1C1CCC(C(N)=O)CC1. The quantitative estimate of drug-likeness (QED) is 0.310. The van der Waals surface area contributed by atoms with Crippen LogP contribution in [0.4, 0.5) is 26.2 Å². The molecule has 2 atom stereocenters. The van der Waals surface area contributed by atoms with E-state index in [1.54, 1.807) is 6.92 Å². The number of nitrogens with two attached hydrogens (primary N) is 1. The van der Waals surface area contributed by atoms with Gasteiger partial charge in [0, 0.05) is 17.0 Å². The van der Waals surface area contributed by atoms with Crippen LogP contribution in [-0.2, 0) is 4.79 Å². The highest BCUT2D eigenvalue weighted by Gasteiger charge is 2.30. The summed E-state index contributed by atoms with van der Waals surface area (Å²) in [6.07, 6.45) is 4.98. The molecular weight excluding hydrogens is 504 g/mol. The highest BCUT2D eigenvalue weighted by molar-refractivity contribution is 6.30. The molecule has 0 spiro atoms. The van der Waals surface area contributed by atoms with Gasteiger partial charge in [0.2, 0.25) is 17.8 Å². The van der Waals surface area contributed by atoms with Gasteiger partial charge < -0.3 is 21.5 Å². The van der Waals surface area contributed by atoms with Gasteiger partial charge in [-0.1, -0.05) is 11.6 Å². The van der Waals surface area contributed by atoms with Crippen LogP contribution >= 0.6 is 11.6 Å². The van der Waals surface area contributed by atoms with Crippen molar-refractivity contribution in [3.63, 3.8) is 0 Å². The van der Waals surface area contributed by atoms with E-state index in [1.165, 1.54) is 0 Å². The molecule has 1 heterocycles. The average molecular weight is 536 g/mol. The molecule has 0 unspecified atom stereocenters. The number of benzene rings is 1. The van der Waals surface area contributed by atoms with Gasteiger partial charge in [-0.3, -0.25) is 9.36 Å². The topological polar surface area (TPSA) is 130 Å². The molecule has 1 aromatic carbocycles. The minimum absolute atomic E-state index is 0.0575. The number of aliphatic imine (C=N–C) groups is 2. The number of guanidine groups is 1. The van der Waals surface area contributed by atoms with Crippen LogP contribution in [0, 0.1) is 24.5 Å². The first-order valence-corrected chi connectivity index (χ1v) is 12.8. The second-order valence-corrected chi connectivity index (χ2v) is 10.2. The highest BCUT2D eigenvalue weighted by Crippen LogP contribution is 2.39. The van der Waals surface area contributed by atoms with Gasteiger partial charge in [-0.2, -0.15) is 0 Å². The van der Waals surface area contributed by atoms with Crippen LogP contribution in [0.3, 0.4) is 0 Å².